The molecule has 0 spiro atoms. The number of benzene rings is 1. The summed E-state index contributed by atoms with van der Waals surface area (Å²) in [7, 11) is 1.93. The largest absolute Gasteiger partial charge is 0.375 e. The Morgan fingerprint density at radius 1 is 1.21 bits per heavy atom. The van der Waals surface area contributed by atoms with E-state index in [1.54, 1.807) is 0 Å². The highest BCUT2D eigenvalue weighted by atomic mass is 16.5. The van der Waals surface area contributed by atoms with Gasteiger partial charge in [-0.3, -0.25) is 0 Å². The molecule has 1 aromatic rings. The average Bonchev–Trinajstić information content (AvgIpc) is 2.16. The molecule has 1 aromatic carbocycles. The molecule has 78 valence electrons. The smallest absolute Gasteiger partial charge is 0.0722 e. The molecule has 14 heavy (non-hydrogen) atoms. The summed E-state index contributed by atoms with van der Waals surface area (Å²) in [6, 6.07) is 6.34. The van der Waals surface area contributed by atoms with Crippen LogP contribution in [0.2, 0.25) is 0 Å². The SMILES string of the molecule is CNCCOCc1c(C)cccc1C. The van der Waals surface area contributed by atoms with Crippen LogP contribution in [0.5, 0.6) is 0 Å². The molecule has 0 radical (unpaired) electrons. The van der Waals surface area contributed by atoms with Crippen LogP contribution < -0.4 is 5.32 Å². The van der Waals surface area contributed by atoms with Crippen LogP contribution in [0.15, 0.2) is 18.2 Å². The number of ether oxygens (including phenoxy) is 1. The molecule has 0 saturated heterocycles. The summed E-state index contributed by atoms with van der Waals surface area (Å²) in [6.07, 6.45) is 0. The minimum absolute atomic E-state index is 0.722. The van der Waals surface area contributed by atoms with Crippen molar-refractivity contribution >= 4 is 0 Å². The van der Waals surface area contributed by atoms with Crippen molar-refractivity contribution in [3.05, 3.63) is 34.9 Å². The van der Waals surface area contributed by atoms with Crippen molar-refractivity contribution in [3.8, 4) is 0 Å². The van der Waals surface area contributed by atoms with Crippen LogP contribution >= 0.6 is 0 Å². The fourth-order valence-electron chi connectivity index (χ4n) is 1.43. The van der Waals surface area contributed by atoms with Gasteiger partial charge >= 0.3 is 0 Å². The van der Waals surface area contributed by atoms with Crippen molar-refractivity contribution in [2.45, 2.75) is 20.5 Å². The van der Waals surface area contributed by atoms with E-state index in [0.717, 1.165) is 19.8 Å². The van der Waals surface area contributed by atoms with Crippen molar-refractivity contribution in [2.75, 3.05) is 20.2 Å². The van der Waals surface area contributed by atoms with Gasteiger partial charge in [-0.1, -0.05) is 18.2 Å². The zero-order valence-electron chi connectivity index (χ0n) is 9.26. The van der Waals surface area contributed by atoms with Gasteiger partial charge < -0.3 is 10.1 Å². The van der Waals surface area contributed by atoms with Gasteiger partial charge in [0.2, 0.25) is 0 Å². The van der Waals surface area contributed by atoms with Crippen molar-refractivity contribution in [1.82, 2.24) is 5.32 Å². The summed E-state index contributed by atoms with van der Waals surface area (Å²) in [5.74, 6) is 0. The Labute approximate surface area is 86.3 Å². The topological polar surface area (TPSA) is 21.3 Å². The highest BCUT2D eigenvalue weighted by Gasteiger charge is 2.01. The maximum absolute atomic E-state index is 5.56. The molecule has 1 rings (SSSR count). The summed E-state index contributed by atoms with van der Waals surface area (Å²) in [5.41, 5.74) is 3.95. The minimum atomic E-state index is 0.722. The standard InChI is InChI=1S/C12H19NO/c1-10-5-4-6-11(2)12(10)9-14-8-7-13-3/h4-6,13H,7-9H2,1-3H3. The van der Waals surface area contributed by atoms with Crippen LogP contribution in [0, 0.1) is 13.8 Å². The molecule has 0 aliphatic rings. The average molecular weight is 193 g/mol. The summed E-state index contributed by atoms with van der Waals surface area (Å²) in [6.45, 7) is 6.66. The van der Waals surface area contributed by atoms with Crippen molar-refractivity contribution in [2.24, 2.45) is 0 Å². The quantitative estimate of drug-likeness (QED) is 0.723. The van der Waals surface area contributed by atoms with E-state index < -0.39 is 0 Å². The fraction of sp³-hybridized carbons (Fsp3) is 0.500. The first-order valence-electron chi connectivity index (χ1n) is 5.03. The van der Waals surface area contributed by atoms with Gasteiger partial charge in [0.15, 0.2) is 0 Å². The third kappa shape index (κ3) is 3.13. The lowest BCUT2D eigenvalue weighted by atomic mass is 10.0. The van der Waals surface area contributed by atoms with E-state index in [4.69, 9.17) is 4.74 Å². The van der Waals surface area contributed by atoms with Gasteiger partial charge in [-0.05, 0) is 37.6 Å². The maximum atomic E-state index is 5.56. The zero-order valence-corrected chi connectivity index (χ0v) is 9.26. The molecule has 0 bridgehead atoms. The first-order valence-corrected chi connectivity index (χ1v) is 5.03. The molecule has 0 unspecified atom stereocenters. The van der Waals surface area contributed by atoms with Crippen molar-refractivity contribution in [3.63, 3.8) is 0 Å². The number of rotatable bonds is 5. The van der Waals surface area contributed by atoms with Gasteiger partial charge in [-0.25, -0.2) is 0 Å². The predicted octanol–water partition coefficient (Wildman–Crippen LogP) is 2.04. The third-order valence-corrected chi connectivity index (χ3v) is 2.39. The monoisotopic (exact) mass is 193 g/mol. The molecule has 2 nitrogen and oxygen atoms in total. The molecule has 0 saturated carbocycles. The van der Waals surface area contributed by atoms with Crippen LogP contribution in [0.3, 0.4) is 0 Å². The van der Waals surface area contributed by atoms with E-state index in [1.165, 1.54) is 16.7 Å². The van der Waals surface area contributed by atoms with E-state index in [9.17, 15) is 0 Å². The van der Waals surface area contributed by atoms with E-state index in [-0.39, 0.29) is 0 Å². The summed E-state index contributed by atoms with van der Waals surface area (Å²) in [5, 5.41) is 3.06. The molecular formula is C12H19NO. The van der Waals surface area contributed by atoms with Gasteiger partial charge in [0, 0.05) is 6.54 Å². The van der Waals surface area contributed by atoms with Crippen LogP contribution in [0.4, 0.5) is 0 Å². The van der Waals surface area contributed by atoms with Crippen LogP contribution in [-0.2, 0) is 11.3 Å². The van der Waals surface area contributed by atoms with E-state index >= 15 is 0 Å². The van der Waals surface area contributed by atoms with Gasteiger partial charge in [0.05, 0.1) is 13.2 Å². The number of hydrogen-bond acceptors (Lipinski definition) is 2. The molecular weight excluding hydrogens is 174 g/mol. The summed E-state index contributed by atoms with van der Waals surface area (Å²) < 4.78 is 5.56. The van der Waals surface area contributed by atoms with Crippen LogP contribution in [-0.4, -0.2) is 20.2 Å². The normalized spacial score (nSPS) is 10.5. The lowest BCUT2D eigenvalue weighted by Gasteiger charge is -2.09. The summed E-state index contributed by atoms with van der Waals surface area (Å²) >= 11 is 0. The van der Waals surface area contributed by atoms with E-state index in [1.807, 2.05) is 7.05 Å². The van der Waals surface area contributed by atoms with Crippen LogP contribution in [0.1, 0.15) is 16.7 Å². The zero-order chi connectivity index (χ0) is 10.4. The highest BCUT2D eigenvalue weighted by Crippen LogP contribution is 2.13. The van der Waals surface area contributed by atoms with E-state index in [0.29, 0.717) is 0 Å². The molecule has 0 fully saturated rings. The molecule has 0 aliphatic heterocycles. The Hall–Kier alpha value is -0.860. The van der Waals surface area contributed by atoms with E-state index in [2.05, 4.69) is 37.4 Å². The lowest BCUT2D eigenvalue weighted by Crippen LogP contribution is -2.14. The van der Waals surface area contributed by atoms with Gasteiger partial charge in [0.25, 0.3) is 0 Å². The first kappa shape index (κ1) is 11.2. The Morgan fingerprint density at radius 2 is 1.86 bits per heavy atom. The van der Waals surface area contributed by atoms with Crippen molar-refractivity contribution in [1.29, 1.82) is 0 Å². The third-order valence-electron chi connectivity index (χ3n) is 2.39. The molecule has 0 aromatic heterocycles. The Kier molecular flexibility index (Phi) is 4.63. The number of hydrogen-bond donors (Lipinski definition) is 1. The number of nitrogens with one attached hydrogen (secondary N) is 1. The number of likely N-dealkylation sites (N-methyl/N-ethyl adjacent to an activating group) is 1. The summed E-state index contributed by atoms with van der Waals surface area (Å²) in [4.78, 5) is 0. The van der Waals surface area contributed by atoms with Crippen LogP contribution in [0.25, 0.3) is 0 Å². The Balaban J connectivity index is 2.49. The highest BCUT2D eigenvalue weighted by molar-refractivity contribution is 5.32. The number of aryl methyl sites for hydroxylation is 2. The molecule has 1 N–H and O–H groups in total. The van der Waals surface area contributed by atoms with Gasteiger partial charge in [-0.2, -0.15) is 0 Å². The molecule has 0 amide bonds. The van der Waals surface area contributed by atoms with Crippen molar-refractivity contribution < 1.29 is 4.74 Å². The predicted molar refractivity (Wildman–Crippen MR) is 59.5 cm³/mol. The van der Waals surface area contributed by atoms with Gasteiger partial charge in [0.1, 0.15) is 0 Å². The maximum Gasteiger partial charge on any atom is 0.0722 e. The minimum Gasteiger partial charge on any atom is -0.375 e. The lowest BCUT2D eigenvalue weighted by molar-refractivity contribution is 0.123. The molecule has 0 aliphatic carbocycles. The Bertz CT molecular complexity index is 263. The fourth-order valence-corrected chi connectivity index (χ4v) is 1.43. The molecule has 2 heteroatoms. The molecule has 0 heterocycles. The first-order chi connectivity index (χ1) is 6.75. The molecule has 0 atom stereocenters. The van der Waals surface area contributed by atoms with Gasteiger partial charge in [-0.15, -0.1) is 0 Å². The second-order valence-electron chi connectivity index (χ2n) is 3.53. The second-order valence-corrected chi connectivity index (χ2v) is 3.53. The second kappa shape index (κ2) is 5.78. The Morgan fingerprint density at radius 3 is 2.43 bits per heavy atom.